The molecule has 0 spiro atoms. The topological polar surface area (TPSA) is 32.5 Å². The van der Waals surface area contributed by atoms with Crippen molar-refractivity contribution >= 4 is 0 Å². The highest BCUT2D eigenvalue weighted by Crippen LogP contribution is 2.37. The number of rotatable bonds is 7. The molecule has 3 nitrogen and oxygen atoms in total. The second kappa shape index (κ2) is 7.61. The zero-order valence-corrected chi connectivity index (χ0v) is 13.8. The highest BCUT2D eigenvalue weighted by Gasteiger charge is 2.36. The summed E-state index contributed by atoms with van der Waals surface area (Å²) in [5.74, 6) is 0.683. The van der Waals surface area contributed by atoms with Gasteiger partial charge in [-0.2, -0.15) is 0 Å². The Morgan fingerprint density at radius 1 is 1.21 bits per heavy atom. The average molecular weight is 269 g/mol. The first kappa shape index (κ1) is 16.9. The Morgan fingerprint density at radius 2 is 1.89 bits per heavy atom. The molecule has 0 bridgehead atoms. The summed E-state index contributed by atoms with van der Waals surface area (Å²) < 4.78 is 0. The highest BCUT2D eigenvalue weighted by molar-refractivity contribution is 4.92. The first-order valence-corrected chi connectivity index (χ1v) is 7.99. The number of hydrogen-bond acceptors (Lipinski definition) is 3. The molecule has 1 rings (SSSR count). The van der Waals surface area contributed by atoms with E-state index >= 15 is 0 Å². The fraction of sp³-hybridized carbons (Fsp3) is 1.00. The minimum absolute atomic E-state index is 0.325. The van der Waals surface area contributed by atoms with Gasteiger partial charge in [0.2, 0.25) is 0 Å². The monoisotopic (exact) mass is 269 g/mol. The molecule has 0 aromatic carbocycles. The van der Waals surface area contributed by atoms with E-state index in [2.05, 4.69) is 44.7 Å². The van der Waals surface area contributed by atoms with Gasteiger partial charge in [0, 0.05) is 12.6 Å². The van der Waals surface area contributed by atoms with E-state index in [1.807, 2.05) is 0 Å². The van der Waals surface area contributed by atoms with Crippen molar-refractivity contribution in [1.82, 2.24) is 9.80 Å². The second-order valence-corrected chi connectivity index (χ2v) is 7.22. The first-order valence-electron chi connectivity index (χ1n) is 7.99. The van der Waals surface area contributed by atoms with E-state index in [1.165, 1.54) is 45.3 Å². The van der Waals surface area contributed by atoms with Gasteiger partial charge in [0.1, 0.15) is 0 Å². The van der Waals surface area contributed by atoms with E-state index in [1.54, 1.807) is 0 Å². The van der Waals surface area contributed by atoms with Crippen LogP contribution in [0.25, 0.3) is 0 Å². The molecule has 1 fully saturated rings. The number of nitrogens with zero attached hydrogens (tertiary/aromatic N) is 2. The van der Waals surface area contributed by atoms with Crippen LogP contribution in [0.15, 0.2) is 0 Å². The van der Waals surface area contributed by atoms with Crippen LogP contribution in [0.2, 0.25) is 0 Å². The smallest absolute Gasteiger partial charge is 0.0131 e. The van der Waals surface area contributed by atoms with Crippen LogP contribution >= 0.6 is 0 Å². The zero-order valence-electron chi connectivity index (χ0n) is 13.8. The van der Waals surface area contributed by atoms with E-state index in [-0.39, 0.29) is 0 Å². The molecule has 2 unspecified atom stereocenters. The van der Waals surface area contributed by atoms with Gasteiger partial charge in [-0.25, -0.2) is 0 Å². The van der Waals surface area contributed by atoms with Crippen molar-refractivity contribution in [1.29, 1.82) is 0 Å². The van der Waals surface area contributed by atoms with E-state index < -0.39 is 0 Å². The standard InChI is InChI=1S/C16H35N3/c1-6-19(12-8-11-18(4)5)13-14-9-7-10-16(2,3)15(14)17/h14-15H,6-13,17H2,1-5H3. The van der Waals surface area contributed by atoms with Crippen molar-refractivity contribution in [3.8, 4) is 0 Å². The molecule has 3 heteroatoms. The van der Waals surface area contributed by atoms with Crippen LogP contribution in [-0.4, -0.2) is 56.1 Å². The molecule has 0 saturated heterocycles. The molecule has 1 saturated carbocycles. The Kier molecular flexibility index (Phi) is 6.78. The molecule has 0 aromatic rings. The largest absolute Gasteiger partial charge is 0.327 e. The summed E-state index contributed by atoms with van der Waals surface area (Å²) in [6.45, 7) is 11.7. The minimum atomic E-state index is 0.325. The third-order valence-corrected chi connectivity index (χ3v) is 4.83. The van der Waals surface area contributed by atoms with E-state index in [0.29, 0.717) is 17.4 Å². The van der Waals surface area contributed by atoms with Crippen molar-refractivity contribution in [3.63, 3.8) is 0 Å². The molecular weight excluding hydrogens is 234 g/mol. The lowest BCUT2D eigenvalue weighted by atomic mass is 9.68. The predicted octanol–water partition coefficient (Wildman–Crippen LogP) is 2.41. The van der Waals surface area contributed by atoms with Gasteiger partial charge in [-0.1, -0.05) is 27.2 Å². The maximum absolute atomic E-state index is 6.50. The summed E-state index contributed by atoms with van der Waals surface area (Å²) >= 11 is 0. The minimum Gasteiger partial charge on any atom is -0.327 e. The highest BCUT2D eigenvalue weighted by atomic mass is 15.1. The molecule has 19 heavy (non-hydrogen) atoms. The number of nitrogens with two attached hydrogens (primary N) is 1. The maximum atomic E-state index is 6.50. The van der Waals surface area contributed by atoms with Crippen molar-refractivity contribution in [3.05, 3.63) is 0 Å². The van der Waals surface area contributed by atoms with Crippen LogP contribution in [0.1, 0.15) is 46.5 Å². The maximum Gasteiger partial charge on any atom is 0.0131 e. The van der Waals surface area contributed by atoms with Gasteiger partial charge in [-0.3, -0.25) is 0 Å². The summed E-state index contributed by atoms with van der Waals surface area (Å²) in [6.07, 6.45) is 5.21. The SMILES string of the molecule is CCN(CCCN(C)C)CC1CCCC(C)(C)C1N. The van der Waals surface area contributed by atoms with Gasteiger partial charge in [-0.15, -0.1) is 0 Å². The molecule has 0 aromatic heterocycles. The molecule has 0 amide bonds. The lowest BCUT2D eigenvalue weighted by Crippen LogP contribution is -2.50. The summed E-state index contributed by atoms with van der Waals surface area (Å²) in [4.78, 5) is 4.86. The summed E-state index contributed by atoms with van der Waals surface area (Å²) in [5, 5.41) is 0. The van der Waals surface area contributed by atoms with Crippen LogP contribution < -0.4 is 5.73 Å². The second-order valence-electron chi connectivity index (χ2n) is 7.22. The van der Waals surface area contributed by atoms with Gasteiger partial charge in [0.05, 0.1) is 0 Å². The molecule has 114 valence electrons. The first-order chi connectivity index (χ1) is 8.86. The Balaban J connectivity index is 2.41. The van der Waals surface area contributed by atoms with E-state index in [9.17, 15) is 0 Å². The van der Waals surface area contributed by atoms with Gasteiger partial charge in [0.25, 0.3) is 0 Å². The van der Waals surface area contributed by atoms with Crippen LogP contribution in [0.3, 0.4) is 0 Å². The van der Waals surface area contributed by atoms with E-state index in [0.717, 1.165) is 6.54 Å². The van der Waals surface area contributed by atoms with Crippen LogP contribution in [0.5, 0.6) is 0 Å². The fourth-order valence-electron chi connectivity index (χ4n) is 3.33. The third-order valence-electron chi connectivity index (χ3n) is 4.83. The predicted molar refractivity (Wildman–Crippen MR) is 84.4 cm³/mol. The lowest BCUT2D eigenvalue weighted by Gasteiger charge is -2.43. The van der Waals surface area contributed by atoms with Gasteiger partial charge < -0.3 is 15.5 Å². The summed E-state index contributed by atoms with van der Waals surface area (Å²) in [6, 6.07) is 0.365. The van der Waals surface area contributed by atoms with Crippen molar-refractivity contribution in [2.24, 2.45) is 17.1 Å². The van der Waals surface area contributed by atoms with Crippen molar-refractivity contribution in [2.75, 3.05) is 40.3 Å². The Labute approximate surface area is 120 Å². The van der Waals surface area contributed by atoms with Crippen molar-refractivity contribution < 1.29 is 0 Å². The number of hydrogen-bond donors (Lipinski definition) is 1. The Morgan fingerprint density at radius 3 is 2.47 bits per heavy atom. The Hall–Kier alpha value is -0.120. The molecule has 2 N–H and O–H groups in total. The third kappa shape index (κ3) is 5.41. The normalized spacial score (nSPS) is 27.2. The molecular formula is C16H35N3. The quantitative estimate of drug-likeness (QED) is 0.770. The molecule has 1 aliphatic rings. The fourth-order valence-corrected chi connectivity index (χ4v) is 3.33. The van der Waals surface area contributed by atoms with Crippen molar-refractivity contribution in [2.45, 2.75) is 52.5 Å². The summed E-state index contributed by atoms with van der Waals surface area (Å²) in [7, 11) is 4.30. The van der Waals surface area contributed by atoms with Gasteiger partial charge in [-0.05, 0) is 64.3 Å². The van der Waals surface area contributed by atoms with Crippen LogP contribution in [-0.2, 0) is 0 Å². The summed E-state index contributed by atoms with van der Waals surface area (Å²) in [5.41, 5.74) is 6.83. The molecule has 0 radical (unpaired) electrons. The van der Waals surface area contributed by atoms with Gasteiger partial charge >= 0.3 is 0 Å². The lowest BCUT2D eigenvalue weighted by molar-refractivity contribution is 0.103. The van der Waals surface area contributed by atoms with Crippen LogP contribution in [0.4, 0.5) is 0 Å². The zero-order chi connectivity index (χ0) is 14.5. The molecule has 2 atom stereocenters. The molecule has 1 aliphatic carbocycles. The van der Waals surface area contributed by atoms with Crippen LogP contribution in [0, 0.1) is 11.3 Å². The molecule has 0 heterocycles. The van der Waals surface area contributed by atoms with Gasteiger partial charge in [0.15, 0.2) is 0 Å². The molecule has 0 aliphatic heterocycles. The van der Waals surface area contributed by atoms with E-state index in [4.69, 9.17) is 5.73 Å². The Bertz CT molecular complexity index is 250. The average Bonchev–Trinajstić information content (AvgIpc) is 2.33.